The molecule has 0 saturated heterocycles. The van der Waals surface area contributed by atoms with Gasteiger partial charge in [0, 0.05) is 42.5 Å². The summed E-state index contributed by atoms with van der Waals surface area (Å²) >= 11 is 6.17. The molecule has 1 heterocycles. The van der Waals surface area contributed by atoms with Gasteiger partial charge in [0.15, 0.2) is 5.96 Å². The first-order valence-electron chi connectivity index (χ1n) is 9.89. The SMILES string of the molecule is CCNC(=NCC1(c2cccc(Cl)c2)CC1)NCCCCn1ccnc1C. The molecule has 1 fully saturated rings. The van der Waals surface area contributed by atoms with Gasteiger partial charge >= 0.3 is 0 Å². The number of nitrogens with zero attached hydrogens (tertiary/aromatic N) is 3. The van der Waals surface area contributed by atoms with E-state index in [0.717, 1.165) is 55.8 Å². The Labute approximate surface area is 167 Å². The van der Waals surface area contributed by atoms with E-state index in [0.29, 0.717) is 0 Å². The molecule has 0 bridgehead atoms. The molecule has 1 saturated carbocycles. The zero-order valence-corrected chi connectivity index (χ0v) is 17.1. The molecule has 5 nitrogen and oxygen atoms in total. The van der Waals surface area contributed by atoms with Gasteiger partial charge in [-0.25, -0.2) is 4.98 Å². The Morgan fingerprint density at radius 3 is 2.81 bits per heavy atom. The van der Waals surface area contributed by atoms with Crippen molar-refractivity contribution in [1.29, 1.82) is 0 Å². The number of hydrogen-bond donors (Lipinski definition) is 2. The molecule has 0 unspecified atom stereocenters. The van der Waals surface area contributed by atoms with Gasteiger partial charge in [-0.3, -0.25) is 4.99 Å². The summed E-state index contributed by atoms with van der Waals surface area (Å²) in [6.45, 7) is 7.74. The molecule has 146 valence electrons. The van der Waals surface area contributed by atoms with Gasteiger partial charge in [-0.15, -0.1) is 0 Å². The predicted molar refractivity (Wildman–Crippen MR) is 113 cm³/mol. The summed E-state index contributed by atoms with van der Waals surface area (Å²) in [6, 6.07) is 8.23. The number of nitrogens with one attached hydrogen (secondary N) is 2. The van der Waals surface area contributed by atoms with E-state index in [9.17, 15) is 0 Å². The Balaban J connectivity index is 1.47. The third-order valence-corrected chi connectivity index (χ3v) is 5.45. The van der Waals surface area contributed by atoms with Crippen molar-refractivity contribution in [3.05, 3.63) is 53.1 Å². The van der Waals surface area contributed by atoms with Crippen LogP contribution >= 0.6 is 11.6 Å². The first kappa shape index (κ1) is 19.7. The quantitative estimate of drug-likeness (QED) is 0.389. The van der Waals surface area contributed by atoms with Crippen molar-refractivity contribution in [3.63, 3.8) is 0 Å². The van der Waals surface area contributed by atoms with Crippen LogP contribution in [-0.4, -0.2) is 35.1 Å². The highest BCUT2D eigenvalue weighted by Gasteiger charge is 2.44. The van der Waals surface area contributed by atoms with E-state index in [1.54, 1.807) is 0 Å². The second-order valence-corrected chi connectivity index (χ2v) is 7.72. The van der Waals surface area contributed by atoms with Crippen LogP contribution in [0.25, 0.3) is 0 Å². The standard InChI is InChI=1S/C21H30ClN5/c1-3-23-20(25-11-4-5-13-27-14-12-24-17(27)2)26-16-21(9-10-21)18-7-6-8-19(22)15-18/h6-8,12,14-15H,3-5,9-11,13,16H2,1-2H3,(H2,23,25,26). The summed E-state index contributed by atoms with van der Waals surface area (Å²) in [5.74, 6) is 1.98. The molecule has 6 heteroatoms. The molecule has 2 N–H and O–H groups in total. The number of halogens is 1. The van der Waals surface area contributed by atoms with Crippen molar-refractivity contribution in [2.45, 2.75) is 51.5 Å². The number of guanidine groups is 1. The Kier molecular flexibility index (Phi) is 6.78. The van der Waals surface area contributed by atoms with Crippen molar-refractivity contribution in [1.82, 2.24) is 20.2 Å². The minimum Gasteiger partial charge on any atom is -0.357 e. The largest absolute Gasteiger partial charge is 0.357 e. The first-order valence-corrected chi connectivity index (χ1v) is 10.3. The summed E-state index contributed by atoms with van der Waals surface area (Å²) in [5, 5.41) is 7.63. The van der Waals surface area contributed by atoms with Crippen LogP contribution < -0.4 is 10.6 Å². The van der Waals surface area contributed by atoms with Crippen LogP contribution in [0.5, 0.6) is 0 Å². The third-order valence-electron chi connectivity index (χ3n) is 5.22. The Hall–Kier alpha value is -2.01. The van der Waals surface area contributed by atoms with Crippen molar-refractivity contribution in [3.8, 4) is 0 Å². The van der Waals surface area contributed by atoms with Crippen LogP contribution in [0.4, 0.5) is 0 Å². The number of aliphatic imine (C=N–C) groups is 1. The van der Waals surface area contributed by atoms with E-state index in [-0.39, 0.29) is 5.41 Å². The molecule has 0 amide bonds. The number of hydrogen-bond acceptors (Lipinski definition) is 2. The average Bonchev–Trinajstić information content (AvgIpc) is 3.35. The third kappa shape index (κ3) is 5.48. The minimum absolute atomic E-state index is 0.173. The van der Waals surface area contributed by atoms with Crippen molar-refractivity contribution >= 4 is 17.6 Å². The van der Waals surface area contributed by atoms with Gasteiger partial charge in [0.2, 0.25) is 0 Å². The molecule has 0 aliphatic heterocycles. The fourth-order valence-electron chi connectivity index (χ4n) is 3.33. The number of imidazole rings is 1. The Morgan fingerprint density at radius 2 is 2.15 bits per heavy atom. The summed E-state index contributed by atoms with van der Waals surface area (Å²) in [6.07, 6.45) is 8.48. The van der Waals surface area contributed by atoms with Crippen molar-refractivity contribution in [2.24, 2.45) is 4.99 Å². The van der Waals surface area contributed by atoms with E-state index >= 15 is 0 Å². The molecule has 3 rings (SSSR count). The van der Waals surface area contributed by atoms with Crippen molar-refractivity contribution < 1.29 is 0 Å². The fourth-order valence-corrected chi connectivity index (χ4v) is 3.52. The topological polar surface area (TPSA) is 54.2 Å². The van der Waals surface area contributed by atoms with Gasteiger partial charge in [-0.2, -0.15) is 0 Å². The van der Waals surface area contributed by atoms with Crippen LogP contribution in [0.1, 0.15) is 44.0 Å². The molecular formula is C21H30ClN5. The maximum Gasteiger partial charge on any atom is 0.191 e. The predicted octanol–water partition coefficient (Wildman–Crippen LogP) is 3.91. The second kappa shape index (κ2) is 9.27. The maximum absolute atomic E-state index is 6.17. The lowest BCUT2D eigenvalue weighted by Gasteiger charge is -2.16. The molecule has 2 aromatic rings. The first-order chi connectivity index (χ1) is 13.1. The van der Waals surface area contributed by atoms with Crippen LogP contribution in [0, 0.1) is 6.92 Å². The Morgan fingerprint density at radius 1 is 1.30 bits per heavy atom. The molecule has 0 radical (unpaired) electrons. The van der Waals surface area contributed by atoms with E-state index in [1.807, 2.05) is 31.5 Å². The lowest BCUT2D eigenvalue weighted by molar-refractivity contribution is 0.587. The number of benzene rings is 1. The highest BCUT2D eigenvalue weighted by atomic mass is 35.5. The van der Waals surface area contributed by atoms with Gasteiger partial charge in [0.05, 0.1) is 6.54 Å². The smallest absolute Gasteiger partial charge is 0.191 e. The highest BCUT2D eigenvalue weighted by Crippen LogP contribution is 2.48. The molecule has 1 aromatic heterocycles. The van der Waals surface area contributed by atoms with Gasteiger partial charge in [0.25, 0.3) is 0 Å². The maximum atomic E-state index is 6.17. The summed E-state index contributed by atoms with van der Waals surface area (Å²) in [7, 11) is 0. The molecule has 1 aliphatic carbocycles. The molecule has 1 aromatic carbocycles. The molecule has 27 heavy (non-hydrogen) atoms. The molecule has 0 spiro atoms. The fraction of sp³-hybridized carbons (Fsp3) is 0.524. The normalized spacial score (nSPS) is 15.6. The van der Waals surface area contributed by atoms with E-state index < -0.39 is 0 Å². The zero-order valence-electron chi connectivity index (χ0n) is 16.3. The number of rotatable bonds is 9. The van der Waals surface area contributed by atoms with E-state index in [4.69, 9.17) is 16.6 Å². The van der Waals surface area contributed by atoms with Gasteiger partial charge < -0.3 is 15.2 Å². The minimum atomic E-state index is 0.173. The van der Waals surface area contributed by atoms with E-state index in [1.165, 1.54) is 18.4 Å². The summed E-state index contributed by atoms with van der Waals surface area (Å²) in [5.41, 5.74) is 1.48. The summed E-state index contributed by atoms with van der Waals surface area (Å²) < 4.78 is 2.20. The highest BCUT2D eigenvalue weighted by molar-refractivity contribution is 6.30. The summed E-state index contributed by atoms with van der Waals surface area (Å²) in [4.78, 5) is 9.11. The Bertz CT molecular complexity index is 763. The van der Waals surface area contributed by atoms with Crippen molar-refractivity contribution in [2.75, 3.05) is 19.6 Å². The molecular weight excluding hydrogens is 358 g/mol. The van der Waals surface area contributed by atoms with Gasteiger partial charge in [-0.1, -0.05) is 23.7 Å². The zero-order chi connectivity index (χ0) is 19.1. The second-order valence-electron chi connectivity index (χ2n) is 7.29. The van der Waals surface area contributed by atoms with Crippen LogP contribution in [0.15, 0.2) is 41.7 Å². The number of aromatic nitrogens is 2. The van der Waals surface area contributed by atoms with Crippen LogP contribution in [-0.2, 0) is 12.0 Å². The van der Waals surface area contributed by atoms with Gasteiger partial charge in [0.1, 0.15) is 5.82 Å². The lowest BCUT2D eigenvalue weighted by Crippen LogP contribution is -2.38. The number of aryl methyl sites for hydroxylation is 2. The van der Waals surface area contributed by atoms with E-state index in [2.05, 4.69) is 39.2 Å². The molecule has 1 aliphatic rings. The monoisotopic (exact) mass is 387 g/mol. The average molecular weight is 388 g/mol. The van der Waals surface area contributed by atoms with Crippen LogP contribution in [0.2, 0.25) is 5.02 Å². The van der Waals surface area contributed by atoms with Gasteiger partial charge in [-0.05, 0) is 57.2 Å². The lowest BCUT2D eigenvalue weighted by atomic mass is 9.96. The number of unbranched alkanes of at least 4 members (excludes halogenated alkanes) is 1. The molecule has 0 atom stereocenters. The van der Waals surface area contributed by atoms with Crippen LogP contribution in [0.3, 0.4) is 0 Å².